The topological polar surface area (TPSA) is 75.7 Å². The SMILES string of the molecule is CCc1cccc(C)c1NC(=O)COc1ccc(CN(C)S(C)(=O)=O)cc1. The quantitative estimate of drug-likeness (QED) is 0.752. The number of amides is 1. The third-order valence-electron chi connectivity index (χ3n) is 4.27. The molecule has 0 fully saturated rings. The summed E-state index contributed by atoms with van der Waals surface area (Å²) >= 11 is 0. The lowest BCUT2D eigenvalue weighted by Crippen LogP contribution is -2.24. The highest BCUT2D eigenvalue weighted by atomic mass is 32.2. The third-order valence-corrected chi connectivity index (χ3v) is 5.53. The molecule has 0 saturated carbocycles. The molecule has 0 saturated heterocycles. The van der Waals surface area contributed by atoms with Crippen LogP contribution < -0.4 is 10.1 Å². The summed E-state index contributed by atoms with van der Waals surface area (Å²) in [5.74, 6) is 0.330. The van der Waals surface area contributed by atoms with Crippen LogP contribution >= 0.6 is 0 Å². The van der Waals surface area contributed by atoms with Gasteiger partial charge in [-0.3, -0.25) is 4.79 Å². The van der Waals surface area contributed by atoms with E-state index in [1.807, 2.05) is 32.0 Å². The zero-order valence-electron chi connectivity index (χ0n) is 16.2. The molecule has 0 radical (unpaired) electrons. The van der Waals surface area contributed by atoms with Gasteiger partial charge in [0.1, 0.15) is 5.75 Å². The van der Waals surface area contributed by atoms with Crippen LogP contribution in [0.4, 0.5) is 5.69 Å². The highest BCUT2D eigenvalue weighted by molar-refractivity contribution is 7.88. The molecule has 0 atom stereocenters. The van der Waals surface area contributed by atoms with E-state index in [1.165, 1.54) is 17.6 Å². The third kappa shape index (κ3) is 6.08. The van der Waals surface area contributed by atoms with E-state index in [0.717, 1.165) is 28.8 Å². The lowest BCUT2D eigenvalue weighted by Gasteiger charge is -2.15. The molecular weight excluding hydrogens is 364 g/mol. The second-order valence-electron chi connectivity index (χ2n) is 6.46. The molecule has 27 heavy (non-hydrogen) atoms. The van der Waals surface area contributed by atoms with Gasteiger partial charge in [0, 0.05) is 19.3 Å². The van der Waals surface area contributed by atoms with Crippen molar-refractivity contribution in [2.75, 3.05) is 25.2 Å². The van der Waals surface area contributed by atoms with Gasteiger partial charge in [0.2, 0.25) is 10.0 Å². The first kappa shape index (κ1) is 20.9. The Morgan fingerprint density at radius 1 is 1.15 bits per heavy atom. The van der Waals surface area contributed by atoms with Gasteiger partial charge in [0.15, 0.2) is 6.61 Å². The largest absolute Gasteiger partial charge is 0.484 e. The Bertz CT molecular complexity index is 893. The Morgan fingerprint density at radius 2 is 1.81 bits per heavy atom. The van der Waals surface area contributed by atoms with Crippen molar-refractivity contribution >= 4 is 21.6 Å². The molecule has 0 aliphatic rings. The predicted molar refractivity (Wildman–Crippen MR) is 107 cm³/mol. The van der Waals surface area contributed by atoms with E-state index in [2.05, 4.69) is 5.32 Å². The number of sulfonamides is 1. The number of nitrogens with one attached hydrogen (secondary N) is 1. The van der Waals surface area contributed by atoms with E-state index in [0.29, 0.717) is 5.75 Å². The van der Waals surface area contributed by atoms with Gasteiger partial charge < -0.3 is 10.1 Å². The van der Waals surface area contributed by atoms with E-state index >= 15 is 0 Å². The molecule has 0 unspecified atom stereocenters. The van der Waals surface area contributed by atoms with Gasteiger partial charge in [-0.15, -0.1) is 0 Å². The van der Waals surface area contributed by atoms with Crippen molar-refractivity contribution in [1.29, 1.82) is 0 Å². The predicted octanol–water partition coefficient (Wildman–Crippen LogP) is 2.97. The number of nitrogens with zero attached hydrogens (tertiary/aromatic N) is 1. The Balaban J connectivity index is 1.92. The summed E-state index contributed by atoms with van der Waals surface area (Å²) < 4.78 is 29.7. The molecule has 146 valence electrons. The fourth-order valence-corrected chi connectivity index (χ4v) is 2.98. The minimum absolute atomic E-state index is 0.0971. The summed E-state index contributed by atoms with van der Waals surface area (Å²) in [5, 5.41) is 2.92. The van der Waals surface area contributed by atoms with E-state index in [1.54, 1.807) is 24.3 Å². The zero-order valence-corrected chi connectivity index (χ0v) is 17.0. The van der Waals surface area contributed by atoms with Gasteiger partial charge in [0.25, 0.3) is 5.91 Å². The summed E-state index contributed by atoms with van der Waals surface area (Å²) in [5.41, 5.74) is 3.78. The number of carbonyl (C=O) groups excluding carboxylic acids is 1. The van der Waals surface area contributed by atoms with Crippen molar-refractivity contribution in [1.82, 2.24) is 4.31 Å². The lowest BCUT2D eigenvalue weighted by molar-refractivity contribution is -0.118. The Hall–Kier alpha value is -2.38. The maximum absolute atomic E-state index is 12.2. The summed E-state index contributed by atoms with van der Waals surface area (Å²) in [6, 6.07) is 12.9. The number of rotatable bonds is 8. The van der Waals surface area contributed by atoms with Gasteiger partial charge in [-0.1, -0.05) is 37.3 Å². The average Bonchev–Trinajstić information content (AvgIpc) is 2.62. The number of ether oxygens (including phenoxy) is 1. The monoisotopic (exact) mass is 390 g/mol. The molecule has 0 aliphatic heterocycles. The number of para-hydroxylation sites is 1. The minimum atomic E-state index is -3.22. The zero-order chi connectivity index (χ0) is 20.0. The van der Waals surface area contributed by atoms with Crippen LogP contribution in [0, 0.1) is 6.92 Å². The number of hydrogen-bond donors (Lipinski definition) is 1. The normalized spacial score (nSPS) is 11.4. The first-order valence-corrected chi connectivity index (χ1v) is 10.6. The highest BCUT2D eigenvalue weighted by Crippen LogP contribution is 2.21. The van der Waals surface area contributed by atoms with E-state index in [-0.39, 0.29) is 19.1 Å². The van der Waals surface area contributed by atoms with Gasteiger partial charge in [-0.05, 0) is 42.2 Å². The number of benzene rings is 2. The molecule has 0 bridgehead atoms. The number of aryl methyl sites for hydroxylation is 2. The molecule has 1 N–H and O–H groups in total. The molecule has 7 heteroatoms. The molecule has 0 spiro atoms. The van der Waals surface area contributed by atoms with E-state index in [4.69, 9.17) is 4.74 Å². The van der Waals surface area contributed by atoms with Crippen molar-refractivity contribution in [2.45, 2.75) is 26.8 Å². The second-order valence-corrected chi connectivity index (χ2v) is 8.55. The molecule has 1 amide bonds. The maximum Gasteiger partial charge on any atom is 0.262 e. The standard InChI is InChI=1S/C20H26N2O4S/c1-5-17-8-6-7-15(2)20(17)21-19(23)14-26-18-11-9-16(10-12-18)13-22(3)27(4,24)25/h6-12H,5,13-14H2,1-4H3,(H,21,23). The van der Waals surface area contributed by atoms with Crippen molar-refractivity contribution < 1.29 is 17.9 Å². The molecule has 0 aliphatic carbocycles. The van der Waals surface area contributed by atoms with Crippen LogP contribution in [0.5, 0.6) is 5.75 Å². The van der Waals surface area contributed by atoms with Crippen molar-refractivity contribution in [3.8, 4) is 5.75 Å². The molecule has 0 aromatic heterocycles. The first-order valence-electron chi connectivity index (χ1n) is 8.72. The van der Waals surface area contributed by atoms with Crippen LogP contribution in [0.1, 0.15) is 23.6 Å². The first-order chi connectivity index (χ1) is 12.7. The minimum Gasteiger partial charge on any atom is -0.484 e. The van der Waals surface area contributed by atoms with Crippen LogP contribution in [0.15, 0.2) is 42.5 Å². The molecule has 2 rings (SSSR count). The molecular formula is C20H26N2O4S. The van der Waals surface area contributed by atoms with Crippen molar-refractivity contribution in [2.24, 2.45) is 0 Å². The molecule has 6 nitrogen and oxygen atoms in total. The highest BCUT2D eigenvalue weighted by Gasteiger charge is 2.12. The van der Waals surface area contributed by atoms with Crippen LogP contribution in [0.25, 0.3) is 0 Å². The van der Waals surface area contributed by atoms with Crippen LogP contribution in [0.3, 0.4) is 0 Å². The number of hydrogen-bond acceptors (Lipinski definition) is 4. The van der Waals surface area contributed by atoms with Gasteiger partial charge in [-0.25, -0.2) is 12.7 Å². The smallest absolute Gasteiger partial charge is 0.262 e. The maximum atomic E-state index is 12.2. The van der Waals surface area contributed by atoms with E-state index < -0.39 is 10.0 Å². The average molecular weight is 391 g/mol. The number of carbonyl (C=O) groups is 1. The van der Waals surface area contributed by atoms with E-state index in [9.17, 15) is 13.2 Å². The summed E-state index contributed by atoms with van der Waals surface area (Å²) in [4.78, 5) is 12.2. The fraction of sp³-hybridized carbons (Fsp3) is 0.350. The summed E-state index contributed by atoms with van der Waals surface area (Å²) in [6.45, 7) is 4.19. The van der Waals surface area contributed by atoms with Gasteiger partial charge in [0.05, 0.1) is 6.26 Å². The van der Waals surface area contributed by atoms with Gasteiger partial charge >= 0.3 is 0 Å². The second kappa shape index (κ2) is 9.01. The van der Waals surface area contributed by atoms with Crippen molar-refractivity contribution in [3.05, 3.63) is 59.2 Å². The van der Waals surface area contributed by atoms with Crippen molar-refractivity contribution in [3.63, 3.8) is 0 Å². The van der Waals surface area contributed by atoms with Crippen LogP contribution in [-0.4, -0.2) is 38.5 Å². The summed E-state index contributed by atoms with van der Waals surface area (Å²) in [7, 11) is -1.69. The lowest BCUT2D eigenvalue weighted by atomic mass is 10.1. The molecule has 2 aromatic rings. The molecule has 0 heterocycles. The molecule has 2 aromatic carbocycles. The summed E-state index contributed by atoms with van der Waals surface area (Å²) in [6.07, 6.45) is 2.00. The number of anilines is 1. The van der Waals surface area contributed by atoms with Crippen LogP contribution in [-0.2, 0) is 27.8 Å². The van der Waals surface area contributed by atoms with Gasteiger partial charge in [-0.2, -0.15) is 0 Å². The Labute approximate surface area is 161 Å². The fourth-order valence-electron chi connectivity index (χ4n) is 2.59. The Kier molecular flexibility index (Phi) is 6.98. The Morgan fingerprint density at radius 3 is 2.41 bits per heavy atom. The van der Waals surface area contributed by atoms with Crippen LogP contribution in [0.2, 0.25) is 0 Å².